The molecule has 1 aliphatic carbocycles. The van der Waals surface area contributed by atoms with Crippen LogP contribution in [0.1, 0.15) is 25.0 Å². The molecular weight excluding hydrogens is 637 g/mol. The molecule has 0 saturated carbocycles. The van der Waals surface area contributed by atoms with Gasteiger partial charge in [0.2, 0.25) is 5.71 Å². The second-order valence-electron chi connectivity index (χ2n) is 13.9. The first-order chi connectivity index (χ1) is 25.5. The van der Waals surface area contributed by atoms with Gasteiger partial charge in [-0.25, -0.2) is 19.9 Å². The Morgan fingerprint density at radius 2 is 0.923 bits per heavy atom. The Kier molecular flexibility index (Phi) is 6.77. The summed E-state index contributed by atoms with van der Waals surface area (Å²) in [4.78, 5) is 19.9. The molecule has 9 aromatic rings. The molecule has 5 nitrogen and oxygen atoms in total. The lowest BCUT2D eigenvalue weighted by Crippen LogP contribution is -2.15. The van der Waals surface area contributed by atoms with Crippen molar-refractivity contribution in [1.82, 2.24) is 19.9 Å². The van der Waals surface area contributed by atoms with Crippen LogP contribution in [0.5, 0.6) is 0 Å². The molecular formula is C47H32N4O. The largest absolute Gasteiger partial charge is 0.438 e. The van der Waals surface area contributed by atoms with E-state index in [0.29, 0.717) is 23.2 Å². The third-order valence-corrected chi connectivity index (χ3v) is 10.4. The Balaban J connectivity index is 1.04. The third-order valence-electron chi connectivity index (χ3n) is 10.4. The molecule has 0 unspecified atom stereocenters. The number of nitrogens with zero attached hydrogens (tertiary/aromatic N) is 4. The van der Waals surface area contributed by atoms with Gasteiger partial charge in [-0.05, 0) is 33.9 Å². The van der Waals surface area contributed by atoms with Gasteiger partial charge in [-0.1, -0.05) is 166 Å². The monoisotopic (exact) mass is 668 g/mol. The zero-order valence-electron chi connectivity index (χ0n) is 28.7. The number of pyridine rings is 1. The first kappa shape index (κ1) is 30.1. The zero-order valence-corrected chi connectivity index (χ0v) is 28.7. The quantitative estimate of drug-likeness (QED) is 0.183. The molecule has 0 spiro atoms. The average Bonchev–Trinajstić information content (AvgIpc) is 3.70. The van der Waals surface area contributed by atoms with Gasteiger partial charge in [0, 0.05) is 38.6 Å². The van der Waals surface area contributed by atoms with Crippen LogP contribution in [-0.2, 0) is 5.41 Å². The highest BCUT2D eigenvalue weighted by molar-refractivity contribution is 6.11. The molecule has 0 aliphatic heterocycles. The number of furan rings is 1. The van der Waals surface area contributed by atoms with Crippen LogP contribution in [0.4, 0.5) is 0 Å². The van der Waals surface area contributed by atoms with E-state index < -0.39 is 0 Å². The summed E-state index contributed by atoms with van der Waals surface area (Å²) in [6.07, 6.45) is 0. The van der Waals surface area contributed by atoms with Crippen LogP contribution in [0.15, 0.2) is 162 Å². The van der Waals surface area contributed by atoms with E-state index in [1.165, 1.54) is 22.3 Å². The third kappa shape index (κ3) is 4.78. The van der Waals surface area contributed by atoms with E-state index in [1.54, 1.807) is 0 Å². The van der Waals surface area contributed by atoms with Crippen molar-refractivity contribution in [1.29, 1.82) is 0 Å². The smallest absolute Gasteiger partial charge is 0.228 e. The van der Waals surface area contributed by atoms with Crippen molar-refractivity contribution < 1.29 is 4.42 Å². The van der Waals surface area contributed by atoms with Gasteiger partial charge in [0.15, 0.2) is 17.5 Å². The molecule has 1 aliphatic rings. The topological polar surface area (TPSA) is 64.7 Å². The lowest BCUT2D eigenvalue weighted by molar-refractivity contribution is 0.647. The van der Waals surface area contributed by atoms with Gasteiger partial charge < -0.3 is 4.42 Å². The first-order valence-electron chi connectivity index (χ1n) is 17.6. The van der Waals surface area contributed by atoms with Gasteiger partial charge in [0.05, 0.1) is 11.1 Å². The van der Waals surface area contributed by atoms with Gasteiger partial charge in [0.25, 0.3) is 0 Å². The van der Waals surface area contributed by atoms with E-state index in [9.17, 15) is 0 Å². The summed E-state index contributed by atoms with van der Waals surface area (Å²) in [5.41, 5.74) is 13.4. The number of rotatable bonds is 5. The minimum absolute atomic E-state index is 0.210. The Morgan fingerprint density at radius 3 is 1.54 bits per heavy atom. The van der Waals surface area contributed by atoms with Crippen LogP contribution in [0.2, 0.25) is 0 Å². The van der Waals surface area contributed by atoms with Gasteiger partial charge in [-0.2, -0.15) is 0 Å². The van der Waals surface area contributed by atoms with E-state index >= 15 is 0 Å². The maximum absolute atomic E-state index is 6.41. The van der Waals surface area contributed by atoms with Crippen LogP contribution in [0, 0.1) is 0 Å². The Morgan fingerprint density at radius 1 is 0.442 bits per heavy atom. The molecule has 0 bridgehead atoms. The molecule has 5 heteroatoms. The SMILES string of the molecule is CC1(C)c2ccccc2-c2c(-c3ccc(-c4ccc(-c5nc(-c6ccccc6)nc(-c6ccccc6)n5)cc4)cc3)nc3oc4ccccc4c3c21. The summed E-state index contributed by atoms with van der Waals surface area (Å²) in [6, 6.07) is 54.3. The van der Waals surface area contributed by atoms with Crippen molar-refractivity contribution in [2.24, 2.45) is 0 Å². The van der Waals surface area contributed by atoms with Crippen molar-refractivity contribution in [3.05, 3.63) is 169 Å². The van der Waals surface area contributed by atoms with E-state index in [-0.39, 0.29) is 5.41 Å². The fourth-order valence-electron chi connectivity index (χ4n) is 7.80. The van der Waals surface area contributed by atoms with Crippen molar-refractivity contribution >= 4 is 22.1 Å². The second kappa shape index (κ2) is 11.7. The van der Waals surface area contributed by atoms with E-state index in [0.717, 1.165) is 55.4 Å². The van der Waals surface area contributed by atoms with Crippen molar-refractivity contribution in [2.75, 3.05) is 0 Å². The summed E-state index contributed by atoms with van der Waals surface area (Å²) < 4.78 is 6.41. The van der Waals surface area contributed by atoms with Crippen molar-refractivity contribution in [2.45, 2.75) is 19.3 Å². The number of hydrogen-bond acceptors (Lipinski definition) is 5. The molecule has 0 radical (unpaired) electrons. The number of para-hydroxylation sites is 1. The lowest BCUT2D eigenvalue weighted by Gasteiger charge is -2.22. The highest BCUT2D eigenvalue weighted by Gasteiger charge is 2.40. The van der Waals surface area contributed by atoms with Crippen LogP contribution in [-0.4, -0.2) is 19.9 Å². The van der Waals surface area contributed by atoms with Gasteiger partial charge in [-0.15, -0.1) is 0 Å². The number of hydrogen-bond donors (Lipinski definition) is 0. The summed E-state index contributed by atoms with van der Waals surface area (Å²) in [6.45, 7) is 4.63. The maximum atomic E-state index is 6.41. The number of benzene rings is 6. The Labute approximate surface area is 301 Å². The van der Waals surface area contributed by atoms with Crippen molar-refractivity contribution in [3.63, 3.8) is 0 Å². The van der Waals surface area contributed by atoms with Crippen LogP contribution in [0.3, 0.4) is 0 Å². The highest BCUT2D eigenvalue weighted by Crippen LogP contribution is 2.55. The fraction of sp³-hybridized carbons (Fsp3) is 0.0638. The molecule has 0 saturated heterocycles. The van der Waals surface area contributed by atoms with E-state index in [1.807, 2.05) is 72.8 Å². The number of fused-ring (bicyclic) bond motifs is 7. The standard InChI is InChI=1S/C47H32N4O/c1-47(2)37-19-11-9-17-35(37)39-41(47)40-36-18-10-12-20-38(36)52-46(40)48-42(39)31-25-21-29(22-26-31)30-23-27-34(28-24-30)45-50-43(32-13-5-3-6-14-32)49-44(51-45)33-15-7-4-8-16-33/h3-28H,1-2H3. The molecule has 52 heavy (non-hydrogen) atoms. The fourth-order valence-corrected chi connectivity index (χ4v) is 7.80. The highest BCUT2D eigenvalue weighted by atomic mass is 16.3. The minimum atomic E-state index is -0.210. The molecule has 246 valence electrons. The molecule has 0 atom stereocenters. The second-order valence-corrected chi connectivity index (χ2v) is 13.9. The van der Waals surface area contributed by atoms with Gasteiger partial charge in [0.1, 0.15) is 5.58 Å². The molecule has 3 aromatic heterocycles. The predicted molar refractivity (Wildman–Crippen MR) is 210 cm³/mol. The normalized spacial score (nSPS) is 13.0. The summed E-state index contributed by atoms with van der Waals surface area (Å²) in [5.74, 6) is 1.94. The van der Waals surface area contributed by atoms with Gasteiger partial charge in [-0.3, -0.25) is 0 Å². The van der Waals surface area contributed by atoms with E-state index in [2.05, 4.69) is 98.8 Å². The van der Waals surface area contributed by atoms with Crippen molar-refractivity contribution in [3.8, 4) is 67.7 Å². The summed E-state index contributed by atoms with van der Waals surface area (Å²) >= 11 is 0. The number of aromatic nitrogens is 4. The molecule has 3 heterocycles. The Bertz CT molecular complexity index is 2730. The molecule has 10 rings (SSSR count). The van der Waals surface area contributed by atoms with Crippen LogP contribution < -0.4 is 0 Å². The summed E-state index contributed by atoms with van der Waals surface area (Å²) in [5, 5.41) is 2.22. The minimum Gasteiger partial charge on any atom is -0.438 e. The van der Waals surface area contributed by atoms with E-state index in [4.69, 9.17) is 24.4 Å². The molecule has 0 N–H and O–H groups in total. The molecule has 0 amide bonds. The van der Waals surface area contributed by atoms with Crippen LogP contribution >= 0.6 is 0 Å². The average molecular weight is 669 g/mol. The predicted octanol–water partition coefficient (Wildman–Crippen LogP) is 11.8. The lowest BCUT2D eigenvalue weighted by atomic mass is 9.80. The Hall–Kier alpha value is -6.72. The van der Waals surface area contributed by atoms with Gasteiger partial charge >= 0.3 is 0 Å². The zero-order chi connectivity index (χ0) is 34.8. The van der Waals surface area contributed by atoms with Crippen LogP contribution in [0.25, 0.3) is 89.7 Å². The molecule has 0 fully saturated rings. The summed E-state index contributed by atoms with van der Waals surface area (Å²) in [7, 11) is 0. The molecule has 6 aromatic carbocycles. The first-order valence-corrected chi connectivity index (χ1v) is 17.6. The maximum Gasteiger partial charge on any atom is 0.228 e.